The fraction of sp³-hybridized carbons (Fsp3) is 0.458. The van der Waals surface area contributed by atoms with Crippen molar-refractivity contribution in [3.63, 3.8) is 0 Å². The summed E-state index contributed by atoms with van der Waals surface area (Å²) in [5, 5.41) is 16.3. The first-order valence-electron chi connectivity index (χ1n) is 10.8. The molecular formula is C24H31N3O2. The first-order chi connectivity index (χ1) is 14.2. The molecule has 29 heavy (non-hydrogen) atoms. The van der Waals surface area contributed by atoms with Gasteiger partial charge in [0.2, 0.25) is 0 Å². The Morgan fingerprint density at radius 3 is 2.59 bits per heavy atom. The number of phenols is 1. The molecule has 2 aliphatic heterocycles. The lowest BCUT2D eigenvalue weighted by molar-refractivity contribution is 0.0909. The van der Waals surface area contributed by atoms with Crippen LogP contribution in [-0.4, -0.2) is 48.1 Å². The normalized spacial score (nSPS) is 21.0. The van der Waals surface area contributed by atoms with Crippen molar-refractivity contribution in [1.29, 1.82) is 0 Å². The van der Waals surface area contributed by atoms with Gasteiger partial charge in [0.05, 0.1) is 0 Å². The van der Waals surface area contributed by atoms with E-state index in [2.05, 4.69) is 27.7 Å². The number of nitrogens with zero attached hydrogens (tertiary/aromatic N) is 1. The van der Waals surface area contributed by atoms with E-state index >= 15 is 0 Å². The maximum atomic E-state index is 12.6. The molecule has 2 aromatic rings. The van der Waals surface area contributed by atoms with E-state index in [1.165, 1.54) is 18.4 Å². The van der Waals surface area contributed by atoms with Crippen molar-refractivity contribution >= 4 is 5.91 Å². The molecular weight excluding hydrogens is 362 g/mol. The van der Waals surface area contributed by atoms with Crippen LogP contribution in [0, 0.1) is 0 Å². The molecule has 154 valence electrons. The largest absolute Gasteiger partial charge is 0.508 e. The number of nitrogens with one attached hydrogen (secondary N) is 2. The summed E-state index contributed by atoms with van der Waals surface area (Å²) in [6.07, 6.45) is 4.35. The minimum absolute atomic E-state index is 0.0322. The number of rotatable bonds is 5. The Kier molecular flexibility index (Phi) is 6.47. The highest BCUT2D eigenvalue weighted by Crippen LogP contribution is 2.23. The SMILES string of the molecule is O=C(NC1CCN(Cc2cccc(O)c2)CC1)c1ccc([C@H]2CCCNC2)cc1. The molecule has 4 rings (SSSR count). The Balaban J connectivity index is 1.25. The fourth-order valence-corrected chi connectivity index (χ4v) is 4.46. The number of hydrogen-bond donors (Lipinski definition) is 3. The minimum atomic E-state index is 0.0322. The minimum Gasteiger partial charge on any atom is -0.508 e. The summed E-state index contributed by atoms with van der Waals surface area (Å²) in [6, 6.07) is 15.8. The maximum absolute atomic E-state index is 12.6. The lowest BCUT2D eigenvalue weighted by Gasteiger charge is -2.32. The monoisotopic (exact) mass is 393 g/mol. The van der Waals surface area contributed by atoms with Crippen LogP contribution in [-0.2, 0) is 6.54 Å². The Morgan fingerprint density at radius 1 is 1.10 bits per heavy atom. The standard InChI is InChI=1S/C24H31N3O2/c28-23-5-1-3-18(15-23)17-27-13-10-22(11-14-27)26-24(29)20-8-6-19(7-9-20)21-4-2-12-25-16-21/h1,3,5-9,15,21-22,25,28H,2,4,10-14,16-17H2,(H,26,29)/t21-/m0/s1. The zero-order valence-corrected chi connectivity index (χ0v) is 16.9. The van der Waals surface area contributed by atoms with Crippen LogP contribution in [0.15, 0.2) is 48.5 Å². The molecule has 0 unspecified atom stereocenters. The number of likely N-dealkylation sites (tertiary alicyclic amines) is 1. The molecule has 2 saturated heterocycles. The van der Waals surface area contributed by atoms with Crippen molar-refractivity contribution in [3.8, 4) is 5.75 Å². The van der Waals surface area contributed by atoms with Crippen molar-refractivity contribution in [2.45, 2.75) is 44.2 Å². The quantitative estimate of drug-likeness (QED) is 0.730. The Morgan fingerprint density at radius 2 is 1.90 bits per heavy atom. The predicted molar refractivity (Wildman–Crippen MR) is 115 cm³/mol. The average molecular weight is 394 g/mol. The number of piperidine rings is 2. The lowest BCUT2D eigenvalue weighted by Crippen LogP contribution is -2.44. The van der Waals surface area contributed by atoms with E-state index < -0.39 is 0 Å². The van der Waals surface area contributed by atoms with Crippen LogP contribution in [0.4, 0.5) is 0 Å². The molecule has 2 aliphatic rings. The number of aromatic hydroxyl groups is 1. The number of carbonyl (C=O) groups excluding carboxylic acids is 1. The highest BCUT2D eigenvalue weighted by molar-refractivity contribution is 5.94. The molecule has 0 saturated carbocycles. The number of hydrogen-bond acceptors (Lipinski definition) is 4. The van der Waals surface area contributed by atoms with Gasteiger partial charge in [0.1, 0.15) is 5.75 Å². The second-order valence-corrected chi connectivity index (χ2v) is 8.36. The molecule has 2 aromatic carbocycles. The van der Waals surface area contributed by atoms with E-state index in [9.17, 15) is 9.90 Å². The smallest absolute Gasteiger partial charge is 0.251 e. The Hall–Kier alpha value is -2.37. The van der Waals surface area contributed by atoms with Crippen LogP contribution in [0.2, 0.25) is 0 Å². The van der Waals surface area contributed by atoms with E-state index in [1.54, 1.807) is 6.07 Å². The summed E-state index contributed by atoms with van der Waals surface area (Å²) in [5.74, 6) is 0.914. The molecule has 0 aliphatic carbocycles. The van der Waals surface area contributed by atoms with Gasteiger partial charge in [-0.15, -0.1) is 0 Å². The highest BCUT2D eigenvalue weighted by Gasteiger charge is 2.22. The molecule has 0 aromatic heterocycles. The van der Waals surface area contributed by atoms with E-state index in [4.69, 9.17) is 0 Å². The molecule has 2 fully saturated rings. The van der Waals surface area contributed by atoms with Gasteiger partial charge in [-0.05, 0) is 73.5 Å². The summed E-state index contributed by atoms with van der Waals surface area (Å²) < 4.78 is 0. The van der Waals surface area contributed by atoms with Gasteiger partial charge in [0.15, 0.2) is 0 Å². The van der Waals surface area contributed by atoms with Gasteiger partial charge >= 0.3 is 0 Å². The number of benzene rings is 2. The van der Waals surface area contributed by atoms with Crippen molar-refractivity contribution in [3.05, 3.63) is 65.2 Å². The molecule has 0 spiro atoms. The molecule has 1 atom stereocenters. The summed E-state index contributed by atoms with van der Waals surface area (Å²) in [7, 11) is 0. The highest BCUT2D eigenvalue weighted by atomic mass is 16.3. The van der Waals surface area contributed by atoms with E-state index in [1.807, 2.05) is 30.3 Å². The third-order valence-corrected chi connectivity index (χ3v) is 6.18. The van der Waals surface area contributed by atoms with Crippen LogP contribution < -0.4 is 10.6 Å². The van der Waals surface area contributed by atoms with Crippen LogP contribution in [0.3, 0.4) is 0 Å². The predicted octanol–water partition coefficient (Wildman–Crippen LogP) is 3.25. The third-order valence-electron chi connectivity index (χ3n) is 6.18. The lowest BCUT2D eigenvalue weighted by atomic mass is 9.91. The van der Waals surface area contributed by atoms with Gasteiger partial charge < -0.3 is 15.7 Å². The summed E-state index contributed by atoms with van der Waals surface area (Å²) in [6.45, 7) is 4.89. The second-order valence-electron chi connectivity index (χ2n) is 8.36. The van der Waals surface area contributed by atoms with Crippen LogP contribution >= 0.6 is 0 Å². The van der Waals surface area contributed by atoms with Crippen molar-refractivity contribution in [1.82, 2.24) is 15.5 Å². The topological polar surface area (TPSA) is 64.6 Å². The Bertz CT molecular complexity index is 807. The molecule has 5 heteroatoms. The van der Waals surface area contributed by atoms with Crippen molar-refractivity contribution < 1.29 is 9.90 Å². The third kappa shape index (κ3) is 5.37. The van der Waals surface area contributed by atoms with Crippen LogP contribution in [0.25, 0.3) is 0 Å². The maximum Gasteiger partial charge on any atom is 0.251 e. The molecule has 5 nitrogen and oxygen atoms in total. The first kappa shape index (κ1) is 19.9. The van der Waals surface area contributed by atoms with Crippen LogP contribution in [0.5, 0.6) is 5.75 Å². The van der Waals surface area contributed by atoms with Gasteiger partial charge in [0.25, 0.3) is 5.91 Å². The summed E-state index contributed by atoms with van der Waals surface area (Å²) in [5.41, 5.74) is 3.20. The van der Waals surface area contributed by atoms with Crippen LogP contribution in [0.1, 0.15) is 53.1 Å². The van der Waals surface area contributed by atoms with E-state index in [0.29, 0.717) is 11.7 Å². The molecule has 0 bridgehead atoms. The van der Waals surface area contributed by atoms with E-state index in [-0.39, 0.29) is 11.9 Å². The van der Waals surface area contributed by atoms with Gasteiger partial charge in [0, 0.05) is 37.8 Å². The van der Waals surface area contributed by atoms with Crippen molar-refractivity contribution in [2.24, 2.45) is 0 Å². The first-order valence-corrected chi connectivity index (χ1v) is 10.8. The van der Waals surface area contributed by atoms with Gasteiger partial charge in [-0.1, -0.05) is 24.3 Å². The number of amides is 1. The summed E-state index contributed by atoms with van der Waals surface area (Å²) >= 11 is 0. The Labute approximate surface area is 173 Å². The summed E-state index contributed by atoms with van der Waals surface area (Å²) in [4.78, 5) is 15.0. The zero-order chi connectivity index (χ0) is 20.1. The fourth-order valence-electron chi connectivity index (χ4n) is 4.46. The number of carbonyl (C=O) groups is 1. The average Bonchev–Trinajstić information content (AvgIpc) is 2.76. The van der Waals surface area contributed by atoms with Crippen molar-refractivity contribution in [2.75, 3.05) is 26.2 Å². The number of phenolic OH excluding ortho intramolecular Hbond substituents is 1. The molecule has 2 heterocycles. The van der Waals surface area contributed by atoms with E-state index in [0.717, 1.165) is 56.7 Å². The van der Waals surface area contributed by atoms with Gasteiger partial charge in [-0.2, -0.15) is 0 Å². The van der Waals surface area contributed by atoms with Gasteiger partial charge in [-0.3, -0.25) is 9.69 Å². The molecule has 3 N–H and O–H groups in total. The molecule has 0 radical (unpaired) electrons. The zero-order valence-electron chi connectivity index (χ0n) is 16.9. The molecule has 1 amide bonds. The second kappa shape index (κ2) is 9.42. The van der Waals surface area contributed by atoms with Gasteiger partial charge in [-0.25, -0.2) is 0 Å².